The van der Waals surface area contributed by atoms with E-state index in [4.69, 9.17) is 9.15 Å². The van der Waals surface area contributed by atoms with E-state index in [1.54, 1.807) is 6.26 Å². The highest BCUT2D eigenvalue weighted by Crippen LogP contribution is 2.17. The molecule has 0 amide bonds. The van der Waals surface area contributed by atoms with Gasteiger partial charge in [0.05, 0.1) is 24.4 Å². The number of halogens is 1. The molecule has 1 heterocycles. The number of esters is 1. The molecule has 1 atom stereocenters. The van der Waals surface area contributed by atoms with E-state index in [0.717, 1.165) is 16.7 Å². The van der Waals surface area contributed by atoms with Gasteiger partial charge in [0.15, 0.2) is 0 Å². The van der Waals surface area contributed by atoms with Crippen molar-refractivity contribution in [3.8, 4) is 0 Å². The number of hydrogen-bond donors (Lipinski definition) is 1. The molecule has 0 aliphatic carbocycles. The third kappa shape index (κ3) is 4.52. The molecule has 0 bridgehead atoms. The molecule has 1 aromatic heterocycles. The van der Waals surface area contributed by atoms with Crippen LogP contribution in [0.3, 0.4) is 0 Å². The Morgan fingerprint density at radius 2 is 2.29 bits per heavy atom. The summed E-state index contributed by atoms with van der Waals surface area (Å²) in [6.45, 7) is 4.64. The van der Waals surface area contributed by atoms with E-state index in [2.05, 4.69) is 35.1 Å². The van der Waals surface area contributed by atoms with Crippen LogP contribution in [0.4, 0.5) is 0 Å². The van der Waals surface area contributed by atoms with Gasteiger partial charge in [-0.15, -0.1) is 0 Å². The largest absolute Gasteiger partial charge is 0.468 e. The van der Waals surface area contributed by atoms with E-state index in [1.807, 2.05) is 6.07 Å². The molecular formula is C12H18BrNO3. The summed E-state index contributed by atoms with van der Waals surface area (Å²) in [5, 5.41) is 3.15. The molecule has 1 N–H and O–H groups in total. The number of nitrogens with one attached hydrogen (secondary N) is 1. The van der Waals surface area contributed by atoms with Crippen LogP contribution in [-0.2, 0) is 16.1 Å². The van der Waals surface area contributed by atoms with Crippen LogP contribution >= 0.6 is 15.9 Å². The van der Waals surface area contributed by atoms with Gasteiger partial charge in [-0.3, -0.25) is 10.1 Å². The van der Waals surface area contributed by atoms with Crippen LogP contribution in [0.5, 0.6) is 0 Å². The van der Waals surface area contributed by atoms with Crippen molar-refractivity contribution in [2.75, 3.05) is 7.11 Å². The second kappa shape index (κ2) is 6.81. The Hall–Kier alpha value is -0.810. The molecule has 4 nitrogen and oxygen atoms in total. The fourth-order valence-corrected chi connectivity index (χ4v) is 1.89. The van der Waals surface area contributed by atoms with Crippen LogP contribution in [-0.4, -0.2) is 19.1 Å². The summed E-state index contributed by atoms with van der Waals surface area (Å²) in [7, 11) is 1.40. The van der Waals surface area contributed by atoms with Crippen molar-refractivity contribution in [1.82, 2.24) is 5.32 Å². The maximum Gasteiger partial charge on any atom is 0.322 e. The van der Waals surface area contributed by atoms with E-state index < -0.39 is 0 Å². The highest BCUT2D eigenvalue weighted by Gasteiger charge is 2.20. The lowest BCUT2D eigenvalue weighted by Gasteiger charge is -2.17. The van der Waals surface area contributed by atoms with Gasteiger partial charge in [0.25, 0.3) is 0 Å². The Labute approximate surface area is 110 Å². The Morgan fingerprint density at radius 3 is 2.76 bits per heavy atom. The molecule has 1 unspecified atom stereocenters. The van der Waals surface area contributed by atoms with Gasteiger partial charge in [-0.2, -0.15) is 0 Å². The highest BCUT2D eigenvalue weighted by atomic mass is 79.9. The standard InChI is InChI=1S/C12H18BrNO3/c1-8(2)6-10(12(15)16-3)14-7-11-9(13)4-5-17-11/h4-5,8,10,14H,6-7H2,1-3H3. The normalized spacial score (nSPS) is 12.8. The smallest absolute Gasteiger partial charge is 0.322 e. The van der Waals surface area contributed by atoms with Gasteiger partial charge >= 0.3 is 5.97 Å². The van der Waals surface area contributed by atoms with Gasteiger partial charge in [-0.25, -0.2) is 0 Å². The number of ether oxygens (including phenoxy) is 1. The van der Waals surface area contributed by atoms with Crippen molar-refractivity contribution < 1.29 is 13.9 Å². The Kier molecular flexibility index (Phi) is 5.71. The van der Waals surface area contributed by atoms with Crippen LogP contribution in [0.2, 0.25) is 0 Å². The van der Waals surface area contributed by atoms with Gasteiger partial charge in [0.2, 0.25) is 0 Å². The van der Waals surface area contributed by atoms with Gasteiger partial charge in [0.1, 0.15) is 11.8 Å². The molecule has 0 fully saturated rings. The predicted molar refractivity (Wildman–Crippen MR) is 68.5 cm³/mol. The van der Waals surface area contributed by atoms with Crippen LogP contribution in [0.1, 0.15) is 26.0 Å². The van der Waals surface area contributed by atoms with Gasteiger partial charge in [-0.05, 0) is 34.3 Å². The minimum atomic E-state index is -0.294. The lowest BCUT2D eigenvalue weighted by atomic mass is 10.0. The summed E-state index contributed by atoms with van der Waals surface area (Å²) in [4.78, 5) is 11.6. The minimum Gasteiger partial charge on any atom is -0.468 e. The first-order valence-electron chi connectivity index (χ1n) is 5.57. The molecule has 1 aromatic rings. The third-order valence-corrected chi connectivity index (χ3v) is 3.10. The van der Waals surface area contributed by atoms with Gasteiger partial charge in [-0.1, -0.05) is 13.8 Å². The number of rotatable bonds is 6. The monoisotopic (exact) mass is 303 g/mol. The zero-order valence-corrected chi connectivity index (χ0v) is 11.9. The molecule has 17 heavy (non-hydrogen) atoms. The number of methoxy groups -OCH3 is 1. The molecule has 1 rings (SSSR count). The van der Waals surface area contributed by atoms with Crippen molar-refractivity contribution in [3.63, 3.8) is 0 Å². The van der Waals surface area contributed by atoms with Crippen molar-refractivity contribution >= 4 is 21.9 Å². The fourth-order valence-electron chi connectivity index (χ4n) is 1.54. The second-order valence-electron chi connectivity index (χ2n) is 4.28. The lowest BCUT2D eigenvalue weighted by molar-refractivity contribution is -0.143. The van der Waals surface area contributed by atoms with Crippen LogP contribution < -0.4 is 5.32 Å². The molecule has 0 saturated heterocycles. The van der Waals surface area contributed by atoms with Crippen molar-refractivity contribution in [2.24, 2.45) is 5.92 Å². The van der Waals surface area contributed by atoms with E-state index in [9.17, 15) is 4.79 Å². The average molecular weight is 304 g/mol. The summed E-state index contributed by atoms with van der Waals surface area (Å²) < 4.78 is 10.9. The Morgan fingerprint density at radius 1 is 1.59 bits per heavy atom. The molecule has 5 heteroatoms. The number of carbonyl (C=O) groups is 1. The quantitative estimate of drug-likeness (QED) is 0.821. The number of carbonyl (C=O) groups excluding carboxylic acids is 1. The highest BCUT2D eigenvalue weighted by molar-refractivity contribution is 9.10. The maximum atomic E-state index is 11.6. The summed E-state index contributed by atoms with van der Waals surface area (Å²) >= 11 is 3.37. The molecule has 0 aliphatic heterocycles. The molecule has 0 radical (unpaired) electrons. The summed E-state index contributed by atoms with van der Waals surface area (Å²) in [5.74, 6) is 0.968. The molecule has 96 valence electrons. The Balaban J connectivity index is 2.55. The molecule has 0 spiro atoms. The first-order valence-corrected chi connectivity index (χ1v) is 6.37. The summed E-state index contributed by atoms with van der Waals surface area (Å²) in [5.41, 5.74) is 0. The van der Waals surface area contributed by atoms with Crippen LogP contribution in [0, 0.1) is 5.92 Å². The third-order valence-electron chi connectivity index (χ3n) is 2.39. The van der Waals surface area contributed by atoms with Crippen molar-refractivity contribution in [3.05, 3.63) is 22.6 Å². The van der Waals surface area contributed by atoms with E-state index in [-0.39, 0.29) is 12.0 Å². The molecule has 0 saturated carbocycles. The Bertz CT molecular complexity index is 362. The number of furan rings is 1. The lowest BCUT2D eigenvalue weighted by Crippen LogP contribution is -2.38. The summed E-state index contributed by atoms with van der Waals surface area (Å²) in [6.07, 6.45) is 2.35. The van der Waals surface area contributed by atoms with Crippen LogP contribution in [0.25, 0.3) is 0 Å². The fraction of sp³-hybridized carbons (Fsp3) is 0.583. The zero-order chi connectivity index (χ0) is 12.8. The summed E-state index contributed by atoms with van der Waals surface area (Å²) in [6, 6.07) is 1.53. The molecular weight excluding hydrogens is 286 g/mol. The topological polar surface area (TPSA) is 51.5 Å². The van der Waals surface area contributed by atoms with E-state index in [1.165, 1.54) is 7.11 Å². The van der Waals surface area contributed by atoms with Gasteiger partial charge < -0.3 is 9.15 Å². The first-order chi connectivity index (χ1) is 8.04. The second-order valence-corrected chi connectivity index (χ2v) is 5.13. The van der Waals surface area contributed by atoms with Crippen molar-refractivity contribution in [2.45, 2.75) is 32.9 Å². The van der Waals surface area contributed by atoms with Crippen molar-refractivity contribution in [1.29, 1.82) is 0 Å². The zero-order valence-electron chi connectivity index (χ0n) is 10.3. The van der Waals surface area contributed by atoms with Crippen LogP contribution in [0.15, 0.2) is 21.2 Å². The average Bonchev–Trinajstić information content (AvgIpc) is 2.68. The predicted octanol–water partition coefficient (Wildman–Crippen LogP) is 2.72. The molecule has 0 aliphatic rings. The maximum absolute atomic E-state index is 11.6. The van der Waals surface area contributed by atoms with E-state index in [0.29, 0.717) is 12.5 Å². The van der Waals surface area contributed by atoms with Gasteiger partial charge in [0, 0.05) is 0 Å². The first kappa shape index (κ1) is 14.3. The molecule has 0 aromatic carbocycles. The van der Waals surface area contributed by atoms with E-state index >= 15 is 0 Å². The SMILES string of the molecule is COC(=O)C(CC(C)C)NCc1occc1Br. The minimum absolute atomic E-state index is 0.235. The number of hydrogen-bond acceptors (Lipinski definition) is 4.